The van der Waals surface area contributed by atoms with Crippen LogP contribution in [0.3, 0.4) is 0 Å². The van der Waals surface area contributed by atoms with E-state index in [0.29, 0.717) is 23.7 Å². The number of rotatable bonds is 7. The normalized spacial score (nSPS) is 31.6. The van der Waals surface area contributed by atoms with Gasteiger partial charge in [0.2, 0.25) is 0 Å². The Bertz CT molecular complexity index is 2260. The third-order valence-electron chi connectivity index (χ3n) is 14.4. The van der Waals surface area contributed by atoms with Crippen molar-refractivity contribution >= 4 is 11.1 Å². The maximum atomic E-state index is 6.85. The zero-order chi connectivity index (χ0) is 38.2. The Kier molecular flexibility index (Phi) is 10.0. The summed E-state index contributed by atoms with van der Waals surface area (Å²) in [5.74, 6) is 4.64. The van der Waals surface area contributed by atoms with Crippen LogP contribution < -0.4 is 0 Å². The molecular weight excluding hydrogens is 693 g/mol. The van der Waals surface area contributed by atoms with E-state index in [0.717, 1.165) is 67.2 Å². The van der Waals surface area contributed by atoms with E-state index in [1.807, 2.05) is 0 Å². The van der Waals surface area contributed by atoms with E-state index in [9.17, 15) is 0 Å². The van der Waals surface area contributed by atoms with Gasteiger partial charge in [0.1, 0.15) is 6.10 Å². The molecule has 6 aliphatic carbocycles. The van der Waals surface area contributed by atoms with Crippen molar-refractivity contribution in [1.82, 2.24) is 9.97 Å². The van der Waals surface area contributed by atoms with Crippen molar-refractivity contribution in [2.24, 2.45) is 29.6 Å². The first-order valence-electron chi connectivity index (χ1n) is 22.0. The summed E-state index contributed by atoms with van der Waals surface area (Å²) in [6.45, 7) is 2.46. The minimum absolute atomic E-state index is 0.0243. The summed E-state index contributed by atoms with van der Waals surface area (Å²) in [6, 6.07) is 22.8. The number of fused-ring (bicyclic) bond motifs is 2. The molecule has 0 radical (unpaired) electrons. The van der Waals surface area contributed by atoms with Crippen LogP contribution in [0.2, 0.25) is 0 Å². The lowest BCUT2D eigenvalue weighted by atomic mass is 9.50. The largest absolute Gasteiger partial charge is 0.490 e. The average molecular weight is 749 g/mol. The highest BCUT2D eigenvalue weighted by atomic mass is 16.5. The van der Waals surface area contributed by atoms with Crippen LogP contribution in [-0.2, 0) is 10.2 Å². The number of nitrogens with zero attached hydrogens (tertiary/aromatic N) is 2. The summed E-state index contributed by atoms with van der Waals surface area (Å²) >= 11 is 0. The zero-order valence-electron chi connectivity index (χ0n) is 33.5. The van der Waals surface area contributed by atoms with Crippen molar-refractivity contribution in [2.75, 3.05) is 0 Å². The summed E-state index contributed by atoms with van der Waals surface area (Å²) in [5, 5.41) is 0. The standard InChI is InChI=1S/C54H56N2O/c1-37-35-44(33-34-46(37)54(45-19-9-4-10-20-45)47-21-11-13-23-51(47)57-52-24-14-12-22-48(52)54)50-36-49(42-29-25-40(26-30-42)38-15-5-2-6-16-38)55-53(56-50)43-31-27-41(28-32-43)39-17-7-3-8-18-39/h2-5,7,9-11,13,17,19-21,23-25,27-29,31-34,36-38,40,42,47-48,51H,6,8,12,14-16,18,22,26,30,35H2,1H3. The fourth-order valence-electron chi connectivity index (χ4n) is 11.5. The van der Waals surface area contributed by atoms with E-state index in [2.05, 4.69) is 153 Å². The molecule has 8 atom stereocenters. The predicted octanol–water partition coefficient (Wildman–Crippen LogP) is 13.4. The maximum Gasteiger partial charge on any atom is 0.160 e. The molecule has 0 N–H and O–H groups in total. The van der Waals surface area contributed by atoms with Gasteiger partial charge in [-0.1, -0.05) is 140 Å². The quantitative estimate of drug-likeness (QED) is 0.226. The third-order valence-corrected chi connectivity index (χ3v) is 14.4. The van der Waals surface area contributed by atoms with Crippen molar-refractivity contribution in [3.05, 3.63) is 180 Å². The lowest BCUT2D eigenvalue weighted by molar-refractivity contribution is -0.0145. The SMILES string of the molecule is CC1CC(c2cc(C3C=CC(C4CC=CCC4)CC3)nc(-c3ccc(C4=CC=CCC4)cc3)n2)=CC=C1C1(c2ccccc2)C2CCCC=C2OC2C=CC=CC21. The smallest absolute Gasteiger partial charge is 0.160 e. The van der Waals surface area contributed by atoms with E-state index in [1.165, 1.54) is 65.7 Å². The molecule has 1 aliphatic heterocycles. The highest BCUT2D eigenvalue weighted by Gasteiger charge is 2.57. The van der Waals surface area contributed by atoms with Gasteiger partial charge in [0.25, 0.3) is 0 Å². The first-order chi connectivity index (χ1) is 28.1. The summed E-state index contributed by atoms with van der Waals surface area (Å²) in [5.41, 5.74) is 10.1. The van der Waals surface area contributed by atoms with Gasteiger partial charge >= 0.3 is 0 Å². The summed E-state index contributed by atoms with van der Waals surface area (Å²) in [6.07, 6.45) is 45.7. The minimum Gasteiger partial charge on any atom is -0.490 e. The molecule has 7 aliphatic rings. The summed E-state index contributed by atoms with van der Waals surface area (Å²) in [4.78, 5) is 10.8. The van der Waals surface area contributed by atoms with Crippen LogP contribution in [0.15, 0.2) is 157 Å². The van der Waals surface area contributed by atoms with Crippen molar-refractivity contribution < 1.29 is 4.74 Å². The Morgan fingerprint density at radius 2 is 1.60 bits per heavy atom. The van der Waals surface area contributed by atoms with Gasteiger partial charge in [0.05, 0.1) is 17.1 Å². The number of benzene rings is 2. The molecule has 288 valence electrons. The van der Waals surface area contributed by atoms with Crippen LogP contribution in [0.4, 0.5) is 0 Å². The highest BCUT2D eigenvalue weighted by molar-refractivity contribution is 5.73. The molecule has 1 saturated heterocycles. The lowest BCUT2D eigenvalue weighted by Crippen LogP contribution is -2.55. The van der Waals surface area contributed by atoms with Crippen LogP contribution >= 0.6 is 0 Å². The predicted molar refractivity (Wildman–Crippen MR) is 235 cm³/mol. The molecule has 1 fully saturated rings. The van der Waals surface area contributed by atoms with Crippen LogP contribution in [0.25, 0.3) is 22.5 Å². The molecule has 0 amide bonds. The van der Waals surface area contributed by atoms with Gasteiger partial charge < -0.3 is 4.74 Å². The third kappa shape index (κ3) is 6.81. The Labute approximate surface area is 340 Å². The summed E-state index contributed by atoms with van der Waals surface area (Å²) in [7, 11) is 0. The number of ether oxygens (including phenoxy) is 1. The first kappa shape index (κ1) is 36.3. The van der Waals surface area contributed by atoms with Gasteiger partial charge in [0, 0.05) is 28.7 Å². The molecule has 0 spiro atoms. The van der Waals surface area contributed by atoms with Gasteiger partial charge in [-0.15, -0.1) is 0 Å². The van der Waals surface area contributed by atoms with Crippen molar-refractivity contribution in [2.45, 2.75) is 95.0 Å². The topological polar surface area (TPSA) is 35.0 Å². The molecule has 3 nitrogen and oxygen atoms in total. The fourth-order valence-corrected chi connectivity index (χ4v) is 11.5. The number of hydrogen-bond acceptors (Lipinski definition) is 3. The Hall–Kier alpha value is -5.02. The molecule has 1 aromatic heterocycles. The molecule has 2 heterocycles. The van der Waals surface area contributed by atoms with Gasteiger partial charge in [-0.2, -0.15) is 0 Å². The molecule has 10 rings (SSSR count). The Morgan fingerprint density at radius 3 is 2.39 bits per heavy atom. The van der Waals surface area contributed by atoms with Crippen LogP contribution in [-0.4, -0.2) is 16.1 Å². The molecule has 0 saturated carbocycles. The monoisotopic (exact) mass is 748 g/mol. The van der Waals surface area contributed by atoms with Crippen LogP contribution in [0, 0.1) is 29.6 Å². The molecule has 0 bridgehead atoms. The second kappa shape index (κ2) is 15.7. The van der Waals surface area contributed by atoms with Crippen molar-refractivity contribution in [1.29, 1.82) is 0 Å². The minimum atomic E-state index is -0.190. The van der Waals surface area contributed by atoms with Crippen molar-refractivity contribution in [3.8, 4) is 11.4 Å². The Morgan fingerprint density at radius 1 is 0.719 bits per heavy atom. The summed E-state index contributed by atoms with van der Waals surface area (Å²) < 4.78 is 6.85. The zero-order valence-corrected chi connectivity index (χ0v) is 33.5. The molecule has 3 aromatic rings. The lowest BCUT2D eigenvalue weighted by Gasteiger charge is -2.56. The maximum absolute atomic E-state index is 6.85. The van der Waals surface area contributed by atoms with E-state index in [1.54, 1.807) is 0 Å². The first-order valence-corrected chi connectivity index (χ1v) is 22.0. The molecular formula is C54H56N2O. The van der Waals surface area contributed by atoms with Gasteiger partial charge in [0.15, 0.2) is 5.82 Å². The van der Waals surface area contributed by atoms with Gasteiger partial charge in [-0.05, 0) is 129 Å². The fraction of sp³-hybridized carbons (Fsp3) is 0.370. The van der Waals surface area contributed by atoms with Crippen LogP contribution in [0.5, 0.6) is 0 Å². The number of hydrogen-bond donors (Lipinski definition) is 0. The molecule has 2 aromatic carbocycles. The van der Waals surface area contributed by atoms with E-state index < -0.39 is 0 Å². The van der Waals surface area contributed by atoms with E-state index in [-0.39, 0.29) is 17.4 Å². The van der Waals surface area contributed by atoms with Gasteiger partial charge in [-0.25, -0.2) is 9.97 Å². The second-order valence-electron chi connectivity index (χ2n) is 17.6. The molecule has 57 heavy (non-hydrogen) atoms. The van der Waals surface area contributed by atoms with Crippen molar-refractivity contribution in [3.63, 3.8) is 0 Å². The molecule has 3 heteroatoms. The highest BCUT2D eigenvalue weighted by Crippen LogP contribution is 2.60. The van der Waals surface area contributed by atoms with Crippen LogP contribution in [0.1, 0.15) is 106 Å². The van der Waals surface area contributed by atoms with E-state index >= 15 is 0 Å². The average Bonchev–Trinajstić information content (AvgIpc) is 3.29. The Balaban J connectivity index is 1.06. The number of allylic oxidation sites excluding steroid dienone is 16. The second-order valence-corrected chi connectivity index (χ2v) is 17.6. The van der Waals surface area contributed by atoms with Gasteiger partial charge in [-0.3, -0.25) is 0 Å². The molecule has 8 unspecified atom stereocenters. The van der Waals surface area contributed by atoms with E-state index in [4.69, 9.17) is 14.7 Å². The number of aromatic nitrogens is 2.